The average molecular weight is 218 g/mol. The smallest absolute Gasteiger partial charge is 0.181 e. The molecule has 0 aromatic heterocycles. The second kappa shape index (κ2) is 6.14. The second-order valence-corrected chi connectivity index (χ2v) is 3.74. The Morgan fingerprint density at radius 3 is 2.44 bits per heavy atom. The van der Waals surface area contributed by atoms with Crippen molar-refractivity contribution >= 4 is 0 Å². The third-order valence-corrected chi connectivity index (χ3v) is 2.39. The standard InChI is InChI=1S/C13H18N2O/c1-4-15-11(3)12-5-7-13(8-6-12)16-10(2)9-14/h5-8,10-11,15H,4H2,1-3H3. The minimum absolute atomic E-state index is 0.340. The first-order valence-electron chi connectivity index (χ1n) is 5.57. The molecule has 2 atom stereocenters. The lowest BCUT2D eigenvalue weighted by Gasteiger charge is -2.13. The van der Waals surface area contributed by atoms with E-state index in [-0.39, 0.29) is 0 Å². The summed E-state index contributed by atoms with van der Waals surface area (Å²) in [6.45, 7) is 6.89. The van der Waals surface area contributed by atoms with Crippen LogP contribution in [0, 0.1) is 11.3 Å². The van der Waals surface area contributed by atoms with E-state index in [9.17, 15) is 0 Å². The van der Waals surface area contributed by atoms with Crippen LogP contribution >= 0.6 is 0 Å². The molecule has 1 aromatic rings. The first-order valence-corrected chi connectivity index (χ1v) is 5.57. The molecular formula is C13H18N2O. The van der Waals surface area contributed by atoms with Gasteiger partial charge in [-0.1, -0.05) is 19.1 Å². The quantitative estimate of drug-likeness (QED) is 0.826. The van der Waals surface area contributed by atoms with Gasteiger partial charge in [0.2, 0.25) is 0 Å². The van der Waals surface area contributed by atoms with Crippen molar-refractivity contribution < 1.29 is 4.74 Å². The largest absolute Gasteiger partial charge is 0.476 e. The monoisotopic (exact) mass is 218 g/mol. The molecule has 1 rings (SSSR count). The van der Waals surface area contributed by atoms with Crippen LogP contribution < -0.4 is 10.1 Å². The molecule has 2 unspecified atom stereocenters. The molecule has 0 aliphatic carbocycles. The molecule has 0 radical (unpaired) electrons. The van der Waals surface area contributed by atoms with Crippen molar-refractivity contribution in [3.8, 4) is 11.8 Å². The molecule has 0 amide bonds. The number of rotatable bonds is 5. The molecule has 0 spiro atoms. The topological polar surface area (TPSA) is 45.0 Å². The maximum Gasteiger partial charge on any atom is 0.181 e. The first-order chi connectivity index (χ1) is 7.67. The highest BCUT2D eigenvalue weighted by atomic mass is 16.5. The molecule has 0 aliphatic heterocycles. The summed E-state index contributed by atoms with van der Waals surface area (Å²) in [4.78, 5) is 0. The Kier molecular flexibility index (Phi) is 4.81. The number of benzene rings is 1. The van der Waals surface area contributed by atoms with Gasteiger partial charge in [0, 0.05) is 6.04 Å². The van der Waals surface area contributed by atoms with Gasteiger partial charge in [0.05, 0.1) is 0 Å². The SMILES string of the molecule is CCNC(C)c1ccc(OC(C)C#N)cc1. The van der Waals surface area contributed by atoms with Crippen LogP contribution in [0.15, 0.2) is 24.3 Å². The summed E-state index contributed by atoms with van der Waals surface area (Å²) in [5.74, 6) is 0.737. The zero-order valence-corrected chi connectivity index (χ0v) is 10.0. The van der Waals surface area contributed by atoms with E-state index in [0.29, 0.717) is 6.04 Å². The normalized spacial score (nSPS) is 13.9. The molecular weight excluding hydrogens is 200 g/mol. The number of nitrogens with zero attached hydrogens (tertiary/aromatic N) is 1. The summed E-state index contributed by atoms with van der Waals surface area (Å²) < 4.78 is 5.38. The molecule has 0 fully saturated rings. The van der Waals surface area contributed by atoms with Gasteiger partial charge >= 0.3 is 0 Å². The second-order valence-electron chi connectivity index (χ2n) is 3.74. The van der Waals surface area contributed by atoms with Crippen molar-refractivity contribution in [2.24, 2.45) is 0 Å². The molecule has 0 aliphatic rings. The van der Waals surface area contributed by atoms with E-state index >= 15 is 0 Å². The number of nitrogens with one attached hydrogen (secondary N) is 1. The average Bonchev–Trinajstić information content (AvgIpc) is 2.30. The fraction of sp³-hybridized carbons (Fsp3) is 0.462. The number of nitriles is 1. The molecule has 3 nitrogen and oxygen atoms in total. The van der Waals surface area contributed by atoms with E-state index < -0.39 is 6.10 Å². The first kappa shape index (κ1) is 12.5. The lowest BCUT2D eigenvalue weighted by molar-refractivity contribution is 0.276. The van der Waals surface area contributed by atoms with Crippen LogP contribution in [-0.4, -0.2) is 12.6 Å². The maximum atomic E-state index is 8.62. The minimum Gasteiger partial charge on any atom is -0.476 e. The van der Waals surface area contributed by atoms with Crippen LogP contribution in [-0.2, 0) is 0 Å². The van der Waals surface area contributed by atoms with Crippen LogP contribution in [0.2, 0.25) is 0 Å². The van der Waals surface area contributed by atoms with E-state index in [0.717, 1.165) is 12.3 Å². The predicted octanol–water partition coefficient (Wildman–Crippen LogP) is 2.65. The van der Waals surface area contributed by atoms with Crippen LogP contribution in [0.4, 0.5) is 0 Å². The number of hydrogen-bond acceptors (Lipinski definition) is 3. The highest BCUT2D eigenvalue weighted by Crippen LogP contribution is 2.18. The van der Waals surface area contributed by atoms with Crippen LogP contribution in [0.5, 0.6) is 5.75 Å². The van der Waals surface area contributed by atoms with Crippen molar-refractivity contribution in [2.75, 3.05) is 6.54 Å². The fourth-order valence-electron chi connectivity index (χ4n) is 1.49. The van der Waals surface area contributed by atoms with Crippen molar-refractivity contribution in [1.29, 1.82) is 5.26 Å². The third kappa shape index (κ3) is 3.56. The van der Waals surface area contributed by atoms with E-state index in [2.05, 4.69) is 19.2 Å². The maximum absolute atomic E-state index is 8.62. The van der Waals surface area contributed by atoms with Crippen molar-refractivity contribution in [3.05, 3.63) is 29.8 Å². The summed E-state index contributed by atoms with van der Waals surface area (Å²) in [5.41, 5.74) is 1.22. The van der Waals surface area contributed by atoms with Crippen LogP contribution in [0.25, 0.3) is 0 Å². The number of hydrogen-bond donors (Lipinski definition) is 1. The van der Waals surface area contributed by atoms with Gasteiger partial charge in [0.25, 0.3) is 0 Å². The lowest BCUT2D eigenvalue weighted by atomic mass is 10.1. The van der Waals surface area contributed by atoms with Gasteiger partial charge in [0.15, 0.2) is 6.10 Å². The number of ether oxygens (including phenoxy) is 1. The Balaban J connectivity index is 2.64. The zero-order valence-electron chi connectivity index (χ0n) is 10.0. The van der Waals surface area contributed by atoms with Crippen LogP contribution in [0.1, 0.15) is 32.4 Å². The minimum atomic E-state index is -0.406. The van der Waals surface area contributed by atoms with E-state index in [1.807, 2.05) is 30.3 Å². The molecule has 1 N–H and O–H groups in total. The Hall–Kier alpha value is -1.53. The Labute approximate surface area is 97.0 Å². The Morgan fingerprint density at radius 1 is 1.31 bits per heavy atom. The summed E-state index contributed by atoms with van der Waals surface area (Å²) in [7, 11) is 0. The third-order valence-electron chi connectivity index (χ3n) is 2.39. The molecule has 0 heterocycles. The van der Waals surface area contributed by atoms with Gasteiger partial charge in [-0.2, -0.15) is 5.26 Å². The van der Waals surface area contributed by atoms with Crippen LogP contribution in [0.3, 0.4) is 0 Å². The summed E-state index contributed by atoms with van der Waals surface area (Å²) in [6.07, 6.45) is -0.406. The van der Waals surface area contributed by atoms with Crippen molar-refractivity contribution in [3.63, 3.8) is 0 Å². The zero-order chi connectivity index (χ0) is 12.0. The van der Waals surface area contributed by atoms with Crippen molar-refractivity contribution in [1.82, 2.24) is 5.32 Å². The van der Waals surface area contributed by atoms with Crippen molar-refractivity contribution in [2.45, 2.75) is 32.9 Å². The lowest BCUT2D eigenvalue weighted by Crippen LogP contribution is -2.17. The van der Waals surface area contributed by atoms with Gasteiger partial charge in [0.1, 0.15) is 11.8 Å². The van der Waals surface area contributed by atoms with E-state index in [1.165, 1.54) is 5.56 Å². The van der Waals surface area contributed by atoms with Gasteiger partial charge in [-0.25, -0.2) is 0 Å². The molecule has 0 saturated carbocycles. The molecule has 0 saturated heterocycles. The summed E-state index contributed by atoms with van der Waals surface area (Å²) in [6, 6.07) is 10.2. The summed E-state index contributed by atoms with van der Waals surface area (Å²) in [5, 5.41) is 12.0. The van der Waals surface area contributed by atoms with Gasteiger partial charge in [-0.15, -0.1) is 0 Å². The van der Waals surface area contributed by atoms with Gasteiger partial charge in [-0.3, -0.25) is 0 Å². The predicted molar refractivity (Wildman–Crippen MR) is 64.2 cm³/mol. The molecule has 3 heteroatoms. The fourth-order valence-corrected chi connectivity index (χ4v) is 1.49. The van der Waals surface area contributed by atoms with Gasteiger partial charge in [-0.05, 0) is 38.1 Å². The van der Waals surface area contributed by atoms with E-state index in [1.54, 1.807) is 6.92 Å². The Morgan fingerprint density at radius 2 is 1.94 bits per heavy atom. The highest BCUT2D eigenvalue weighted by molar-refractivity contribution is 5.29. The molecule has 1 aromatic carbocycles. The van der Waals surface area contributed by atoms with E-state index in [4.69, 9.17) is 10.00 Å². The molecule has 86 valence electrons. The Bertz CT molecular complexity index is 353. The van der Waals surface area contributed by atoms with Gasteiger partial charge < -0.3 is 10.1 Å². The summed E-state index contributed by atoms with van der Waals surface area (Å²) >= 11 is 0. The highest BCUT2D eigenvalue weighted by Gasteiger charge is 2.05. The molecule has 0 bridgehead atoms. The molecule has 16 heavy (non-hydrogen) atoms.